The lowest BCUT2D eigenvalue weighted by Gasteiger charge is -2.12. The number of nitrogens with one attached hydrogen (secondary N) is 2. The van der Waals surface area contributed by atoms with Gasteiger partial charge in [0.05, 0.1) is 7.11 Å². The van der Waals surface area contributed by atoms with Gasteiger partial charge in [0, 0.05) is 11.3 Å². The molecule has 0 radical (unpaired) electrons. The first kappa shape index (κ1) is 14.7. The van der Waals surface area contributed by atoms with Crippen LogP contribution < -0.4 is 10.6 Å². The number of carbonyl (C=O) groups is 3. The van der Waals surface area contributed by atoms with Gasteiger partial charge in [0.1, 0.15) is 6.04 Å². The van der Waals surface area contributed by atoms with Crippen molar-refractivity contribution in [3.8, 4) is 0 Å². The Morgan fingerprint density at radius 1 is 1.16 bits per heavy atom. The molecule has 19 heavy (non-hydrogen) atoms. The average molecular weight is 264 g/mol. The fraction of sp³-hybridized carbons (Fsp3) is 0.308. The summed E-state index contributed by atoms with van der Waals surface area (Å²) >= 11 is 0. The molecule has 1 atom stereocenters. The summed E-state index contributed by atoms with van der Waals surface area (Å²) in [4.78, 5) is 33.8. The second-order valence-electron chi connectivity index (χ2n) is 3.98. The maximum absolute atomic E-state index is 11.6. The molecule has 0 heterocycles. The number of carbonyl (C=O) groups excluding carboxylic acids is 3. The van der Waals surface area contributed by atoms with Gasteiger partial charge in [-0.05, 0) is 38.1 Å². The maximum atomic E-state index is 11.6. The highest BCUT2D eigenvalue weighted by Crippen LogP contribution is 2.09. The third-order valence-corrected chi connectivity index (χ3v) is 2.45. The van der Waals surface area contributed by atoms with Crippen molar-refractivity contribution in [3.63, 3.8) is 0 Å². The SMILES string of the molecule is COC(=O)C(C)NC(=O)Nc1ccc(C(C)=O)cc1. The molecule has 2 N–H and O–H groups in total. The van der Waals surface area contributed by atoms with Crippen LogP contribution in [0.15, 0.2) is 24.3 Å². The van der Waals surface area contributed by atoms with Gasteiger partial charge in [0.15, 0.2) is 5.78 Å². The van der Waals surface area contributed by atoms with Crippen molar-refractivity contribution < 1.29 is 19.1 Å². The van der Waals surface area contributed by atoms with Crippen LogP contribution in [0, 0.1) is 0 Å². The summed E-state index contributed by atoms with van der Waals surface area (Å²) in [5, 5.41) is 4.97. The van der Waals surface area contributed by atoms with E-state index in [2.05, 4.69) is 15.4 Å². The Morgan fingerprint density at radius 3 is 2.21 bits per heavy atom. The van der Waals surface area contributed by atoms with E-state index in [9.17, 15) is 14.4 Å². The first-order valence-corrected chi connectivity index (χ1v) is 5.70. The Hall–Kier alpha value is -2.37. The number of anilines is 1. The molecule has 0 aromatic heterocycles. The van der Waals surface area contributed by atoms with E-state index in [1.165, 1.54) is 21.0 Å². The standard InChI is InChI=1S/C13H16N2O4/c1-8(12(17)19-3)14-13(18)15-11-6-4-10(5-7-11)9(2)16/h4-8H,1-3H3,(H2,14,15,18). The molecule has 0 fully saturated rings. The number of methoxy groups -OCH3 is 1. The monoisotopic (exact) mass is 264 g/mol. The molecule has 0 spiro atoms. The van der Waals surface area contributed by atoms with Gasteiger partial charge in [0.25, 0.3) is 0 Å². The van der Waals surface area contributed by atoms with Crippen LogP contribution in [0.25, 0.3) is 0 Å². The van der Waals surface area contributed by atoms with E-state index in [-0.39, 0.29) is 5.78 Å². The summed E-state index contributed by atoms with van der Waals surface area (Å²) in [6.07, 6.45) is 0. The zero-order valence-electron chi connectivity index (χ0n) is 11.0. The average Bonchev–Trinajstić information content (AvgIpc) is 2.38. The van der Waals surface area contributed by atoms with E-state index >= 15 is 0 Å². The van der Waals surface area contributed by atoms with Crippen LogP contribution in [0.4, 0.5) is 10.5 Å². The molecule has 0 aliphatic carbocycles. The molecule has 1 aromatic rings. The first-order valence-electron chi connectivity index (χ1n) is 5.70. The van der Waals surface area contributed by atoms with E-state index in [4.69, 9.17) is 0 Å². The molecule has 0 saturated carbocycles. The first-order chi connectivity index (χ1) is 8.93. The van der Waals surface area contributed by atoms with Gasteiger partial charge in [0.2, 0.25) is 0 Å². The third kappa shape index (κ3) is 4.42. The number of ketones is 1. The number of hydrogen-bond acceptors (Lipinski definition) is 4. The number of amides is 2. The summed E-state index contributed by atoms with van der Waals surface area (Å²) in [6, 6.07) is 5.19. The normalized spacial score (nSPS) is 11.3. The Morgan fingerprint density at radius 2 is 1.74 bits per heavy atom. The third-order valence-electron chi connectivity index (χ3n) is 2.45. The summed E-state index contributed by atoms with van der Waals surface area (Å²) < 4.78 is 4.49. The van der Waals surface area contributed by atoms with Gasteiger partial charge in [-0.3, -0.25) is 4.79 Å². The van der Waals surface area contributed by atoms with Crippen LogP contribution in [0.5, 0.6) is 0 Å². The molecule has 0 aliphatic heterocycles. The largest absolute Gasteiger partial charge is 0.467 e. The minimum absolute atomic E-state index is 0.0460. The lowest BCUT2D eigenvalue weighted by atomic mass is 10.1. The number of Topliss-reactive ketones (excluding diaryl/α,β-unsaturated/α-hetero) is 1. The highest BCUT2D eigenvalue weighted by atomic mass is 16.5. The Labute approximate surface area is 111 Å². The molecular formula is C13H16N2O4. The van der Waals surface area contributed by atoms with Gasteiger partial charge >= 0.3 is 12.0 Å². The molecule has 6 nitrogen and oxygen atoms in total. The summed E-state index contributed by atoms with van der Waals surface area (Å²) in [5.74, 6) is -0.572. The summed E-state index contributed by atoms with van der Waals surface area (Å²) in [6.45, 7) is 2.98. The predicted octanol–water partition coefficient (Wildman–Crippen LogP) is 1.57. The number of benzene rings is 1. The molecule has 1 aromatic carbocycles. The minimum Gasteiger partial charge on any atom is -0.467 e. The smallest absolute Gasteiger partial charge is 0.328 e. The number of rotatable bonds is 4. The van der Waals surface area contributed by atoms with Gasteiger partial charge in [-0.15, -0.1) is 0 Å². The van der Waals surface area contributed by atoms with Gasteiger partial charge in [-0.2, -0.15) is 0 Å². The van der Waals surface area contributed by atoms with Crippen molar-refractivity contribution in [2.24, 2.45) is 0 Å². The predicted molar refractivity (Wildman–Crippen MR) is 70.1 cm³/mol. The van der Waals surface area contributed by atoms with E-state index in [0.717, 1.165) is 0 Å². The topological polar surface area (TPSA) is 84.5 Å². The molecule has 1 unspecified atom stereocenters. The lowest BCUT2D eigenvalue weighted by Crippen LogP contribution is -2.41. The molecule has 1 rings (SSSR count). The van der Waals surface area contributed by atoms with E-state index in [1.807, 2.05) is 0 Å². The van der Waals surface area contributed by atoms with Crippen LogP contribution in [-0.4, -0.2) is 30.9 Å². The lowest BCUT2D eigenvalue weighted by molar-refractivity contribution is -0.142. The van der Waals surface area contributed by atoms with Crippen molar-refractivity contribution in [2.45, 2.75) is 19.9 Å². The molecule has 0 aliphatic rings. The van der Waals surface area contributed by atoms with Crippen LogP contribution in [0.3, 0.4) is 0 Å². The summed E-state index contributed by atoms with van der Waals surface area (Å²) in [7, 11) is 1.25. The Balaban J connectivity index is 2.57. The van der Waals surface area contributed by atoms with E-state index < -0.39 is 18.0 Å². The summed E-state index contributed by atoms with van der Waals surface area (Å²) in [5.41, 5.74) is 1.09. The van der Waals surface area contributed by atoms with Crippen LogP contribution in [0.2, 0.25) is 0 Å². The maximum Gasteiger partial charge on any atom is 0.328 e. The van der Waals surface area contributed by atoms with Crippen LogP contribution >= 0.6 is 0 Å². The number of esters is 1. The number of ether oxygens (including phenoxy) is 1. The van der Waals surface area contributed by atoms with Crippen molar-refractivity contribution in [3.05, 3.63) is 29.8 Å². The number of urea groups is 1. The fourth-order valence-corrected chi connectivity index (χ4v) is 1.39. The van der Waals surface area contributed by atoms with Crippen LogP contribution in [-0.2, 0) is 9.53 Å². The van der Waals surface area contributed by atoms with Crippen molar-refractivity contribution in [2.75, 3.05) is 12.4 Å². The fourth-order valence-electron chi connectivity index (χ4n) is 1.39. The quantitative estimate of drug-likeness (QED) is 0.638. The highest BCUT2D eigenvalue weighted by Gasteiger charge is 2.15. The number of hydrogen-bond donors (Lipinski definition) is 2. The molecule has 102 valence electrons. The minimum atomic E-state index is -0.735. The van der Waals surface area contributed by atoms with Crippen molar-refractivity contribution >= 4 is 23.5 Å². The zero-order chi connectivity index (χ0) is 14.4. The Kier molecular flexibility index (Phi) is 5.05. The molecule has 0 saturated heterocycles. The van der Waals surface area contributed by atoms with E-state index in [0.29, 0.717) is 11.3 Å². The molecule has 0 bridgehead atoms. The second kappa shape index (κ2) is 6.53. The highest BCUT2D eigenvalue weighted by molar-refractivity contribution is 5.96. The molecule has 6 heteroatoms. The Bertz CT molecular complexity index is 482. The van der Waals surface area contributed by atoms with Gasteiger partial charge in [-0.1, -0.05) is 0 Å². The van der Waals surface area contributed by atoms with Crippen molar-refractivity contribution in [1.29, 1.82) is 0 Å². The van der Waals surface area contributed by atoms with Crippen molar-refractivity contribution in [1.82, 2.24) is 5.32 Å². The van der Waals surface area contributed by atoms with Gasteiger partial charge < -0.3 is 15.4 Å². The van der Waals surface area contributed by atoms with Crippen LogP contribution in [0.1, 0.15) is 24.2 Å². The second-order valence-corrected chi connectivity index (χ2v) is 3.98. The zero-order valence-corrected chi connectivity index (χ0v) is 11.0. The van der Waals surface area contributed by atoms with E-state index in [1.54, 1.807) is 24.3 Å². The molecule has 2 amide bonds. The molecular weight excluding hydrogens is 248 g/mol. The van der Waals surface area contributed by atoms with Gasteiger partial charge in [-0.25, -0.2) is 9.59 Å².